The Kier molecular flexibility index (Phi) is 4.46. The number of anilines is 1. The summed E-state index contributed by atoms with van der Waals surface area (Å²) < 4.78 is 13.1. The largest absolute Gasteiger partial charge is 0.379 e. The van der Waals surface area contributed by atoms with Gasteiger partial charge in [-0.1, -0.05) is 60.1 Å². The molecule has 2 aromatic rings. The third kappa shape index (κ3) is 3.49. The number of hydrogen-bond acceptors (Lipinski definition) is 1. The van der Waals surface area contributed by atoms with Gasteiger partial charge in [0, 0.05) is 6.54 Å². The zero-order valence-corrected chi connectivity index (χ0v) is 11.6. The minimum atomic E-state index is -0.456. The summed E-state index contributed by atoms with van der Waals surface area (Å²) >= 11 is 11.9. The van der Waals surface area contributed by atoms with Crippen LogP contribution in [0.5, 0.6) is 0 Å². The lowest BCUT2D eigenvalue weighted by molar-refractivity contribution is 0.628. The summed E-state index contributed by atoms with van der Waals surface area (Å²) in [6.07, 6.45) is 0. The molecular formula is C15H12Cl2FN. The average Bonchev–Trinajstić information content (AvgIpc) is 2.38. The fourth-order valence-electron chi connectivity index (χ4n) is 1.68. The SMILES string of the molecule is C=C(CNc1c(Cl)cc(F)cc1Cl)c1ccccc1. The normalized spacial score (nSPS) is 10.3. The van der Waals surface area contributed by atoms with Crippen LogP contribution in [-0.2, 0) is 0 Å². The van der Waals surface area contributed by atoms with Crippen molar-refractivity contribution in [2.75, 3.05) is 11.9 Å². The van der Waals surface area contributed by atoms with E-state index < -0.39 is 5.82 Å². The van der Waals surface area contributed by atoms with Crippen LogP contribution < -0.4 is 5.32 Å². The Hall–Kier alpha value is -1.51. The van der Waals surface area contributed by atoms with Gasteiger partial charge in [-0.15, -0.1) is 0 Å². The topological polar surface area (TPSA) is 12.0 Å². The van der Waals surface area contributed by atoms with Crippen LogP contribution in [-0.4, -0.2) is 6.54 Å². The summed E-state index contributed by atoms with van der Waals surface area (Å²) in [6, 6.07) is 12.2. The highest BCUT2D eigenvalue weighted by molar-refractivity contribution is 6.39. The Morgan fingerprint density at radius 1 is 1.11 bits per heavy atom. The third-order valence-corrected chi connectivity index (χ3v) is 3.26. The molecule has 19 heavy (non-hydrogen) atoms. The maximum atomic E-state index is 13.1. The highest BCUT2D eigenvalue weighted by atomic mass is 35.5. The fraction of sp³-hybridized carbons (Fsp3) is 0.0667. The molecule has 4 heteroatoms. The van der Waals surface area contributed by atoms with Crippen LogP contribution >= 0.6 is 23.2 Å². The van der Waals surface area contributed by atoms with Gasteiger partial charge >= 0.3 is 0 Å². The van der Waals surface area contributed by atoms with Crippen molar-refractivity contribution in [3.8, 4) is 0 Å². The molecule has 98 valence electrons. The molecule has 2 rings (SSSR count). The van der Waals surface area contributed by atoms with Crippen LogP contribution in [0, 0.1) is 5.82 Å². The Morgan fingerprint density at radius 2 is 1.68 bits per heavy atom. The lowest BCUT2D eigenvalue weighted by Crippen LogP contribution is -2.04. The second-order valence-electron chi connectivity index (χ2n) is 4.07. The molecule has 0 fully saturated rings. The zero-order chi connectivity index (χ0) is 13.8. The van der Waals surface area contributed by atoms with E-state index in [9.17, 15) is 4.39 Å². The molecule has 2 aromatic carbocycles. The third-order valence-electron chi connectivity index (χ3n) is 2.67. The van der Waals surface area contributed by atoms with Crippen molar-refractivity contribution in [1.29, 1.82) is 0 Å². The standard InChI is InChI=1S/C15H12Cl2FN/c1-10(11-5-3-2-4-6-11)9-19-15-13(16)7-12(18)8-14(15)17/h2-8,19H,1,9H2. The first kappa shape index (κ1) is 13.9. The van der Waals surface area contributed by atoms with Crippen LogP contribution in [0.2, 0.25) is 10.0 Å². The summed E-state index contributed by atoms with van der Waals surface area (Å²) in [6.45, 7) is 4.48. The van der Waals surface area contributed by atoms with Crippen LogP contribution in [0.25, 0.3) is 5.57 Å². The molecule has 0 aliphatic carbocycles. The first-order chi connectivity index (χ1) is 9.08. The van der Waals surface area contributed by atoms with Crippen molar-refractivity contribution in [1.82, 2.24) is 0 Å². The first-order valence-electron chi connectivity index (χ1n) is 5.69. The Bertz CT molecular complexity index is 573. The monoisotopic (exact) mass is 295 g/mol. The summed E-state index contributed by atoms with van der Waals surface area (Å²) in [5.41, 5.74) is 2.45. The van der Waals surface area contributed by atoms with Crippen LogP contribution in [0.3, 0.4) is 0 Å². The van der Waals surface area contributed by atoms with Crippen molar-refractivity contribution in [3.63, 3.8) is 0 Å². The molecule has 0 aliphatic heterocycles. The molecule has 0 saturated carbocycles. The van der Waals surface area contributed by atoms with Gasteiger partial charge < -0.3 is 5.32 Å². The van der Waals surface area contributed by atoms with Crippen LogP contribution in [0.4, 0.5) is 10.1 Å². The number of hydrogen-bond donors (Lipinski definition) is 1. The average molecular weight is 296 g/mol. The summed E-state index contributed by atoms with van der Waals surface area (Å²) in [5, 5.41) is 3.59. The molecule has 0 unspecified atom stereocenters. The summed E-state index contributed by atoms with van der Waals surface area (Å²) in [7, 11) is 0. The fourth-order valence-corrected chi connectivity index (χ4v) is 2.28. The second kappa shape index (κ2) is 6.09. The minimum Gasteiger partial charge on any atom is -0.379 e. The predicted molar refractivity (Wildman–Crippen MR) is 80.4 cm³/mol. The van der Waals surface area contributed by atoms with E-state index in [1.165, 1.54) is 12.1 Å². The minimum absolute atomic E-state index is 0.255. The molecule has 0 saturated heterocycles. The lowest BCUT2D eigenvalue weighted by Gasteiger charge is -2.12. The first-order valence-corrected chi connectivity index (χ1v) is 6.45. The van der Waals surface area contributed by atoms with Crippen LogP contribution in [0.15, 0.2) is 49.0 Å². The van der Waals surface area contributed by atoms with Gasteiger partial charge in [-0.25, -0.2) is 4.39 Å². The lowest BCUT2D eigenvalue weighted by atomic mass is 10.1. The Balaban J connectivity index is 2.10. The van der Waals surface area contributed by atoms with E-state index in [0.29, 0.717) is 12.2 Å². The van der Waals surface area contributed by atoms with Gasteiger partial charge in [0.2, 0.25) is 0 Å². The molecule has 0 radical (unpaired) electrons. The van der Waals surface area contributed by atoms with Crippen molar-refractivity contribution in [2.24, 2.45) is 0 Å². The van der Waals surface area contributed by atoms with Gasteiger partial charge in [0.15, 0.2) is 0 Å². The molecule has 1 N–H and O–H groups in total. The summed E-state index contributed by atoms with van der Waals surface area (Å²) in [5.74, 6) is -0.456. The van der Waals surface area contributed by atoms with Crippen molar-refractivity contribution in [3.05, 3.63) is 70.5 Å². The van der Waals surface area contributed by atoms with Gasteiger partial charge in [0.05, 0.1) is 15.7 Å². The number of halogens is 3. The second-order valence-corrected chi connectivity index (χ2v) is 4.88. The van der Waals surface area contributed by atoms with E-state index >= 15 is 0 Å². The van der Waals surface area contributed by atoms with E-state index in [2.05, 4.69) is 11.9 Å². The molecule has 1 nitrogen and oxygen atoms in total. The molecular weight excluding hydrogens is 284 g/mol. The molecule has 0 spiro atoms. The molecule has 0 bridgehead atoms. The molecule has 0 atom stereocenters. The van der Waals surface area contributed by atoms with E-state index in [0.717, 1.165) is 11.1 Å². The highest BCUT2D eigenvalue weighted by Crippen LogP contribution is 2.31. The molecule has 0 heterocycles. The van der Waals surface area contributed by atoms with Crippen LogP contribution in [0.1, 0.15) is 5.56 Å². The van der Waals surface area contributed by atoms with E-state index in [1.807, 2.05) is 30.3 Å². The van der Waals surface area contributed by atoms with E-state index in [1.54, 1.807) is 0 Å². The van der Waals surface area contributed by atoms with Gasteiger partial charge in [0.25, 0.3) is 0 Å². The smallest absolute Gasteiger partial charge is 0.126 e. The van der Waals surface area contributed by atoms with E-state index in [4.69, 9.17) is 23.2 Å². The molecule has 0 aliphatic rings. The van der Waals surface area contributed by atoms with Crippen molar-refractivity contribution in [2.45, 2.75) is 0 Å². The number of nitrogens with one attached hydrogen (secondary N) is 1. The maximum absolute atomic E-state index is 13.1. The molecule has 0 aromatic heterocycles. The number of benzene rings is 2. The molecule has 0 amide bonds. The Labute approximate surface area is 121 Å². The van der Waals surface area contributed by atoms with Gasteiger partial charge in [-0.3, -0.25) is 0 Å². The van der Waals surface area contributed by atoms with Gasteiger partial charge in [-0.05, 0) is 23.3 Å². The Morgan fingerprint density at radius 3 is 2.26 bits per heavy atom. The van der Waals surface area contributed by atoms with E-state index in [-0.39, 0.29) is 10.0 Å². The zero-order valence-electron chi connectivity index (χ0n) is 10.1. The maximum Gasteiger partial charge on any atom is 0.126 e. The van der Waals surface area contributed by atoms with Crippen molar-refractivity contribution >= 4 is 34.5 Å². The van der Waals surface area contributed by atoms with Gasteiger partial charge in [-0.2, -0.15) is 0 Å². The van der Waals surface area contributed by atoms with Crippen molar-refractivity contribution < 1.29 is 4.39 Å². The number of rotatable bonds is 4. The van der Waals surface area contributed by atoms with Gasteiger partial charge in [0.1, 0.15) is 5.82 Å². The predicted octanol–water partition coefficient (Wildman–Crippen LogP) is 5.26. The summed E-state index contributed by atoms with van der Waals surface area (Å²) in [4.78, 5) is 0. The quantitative estimate of drug-likeness (QED) is 0.811. The highest BCUT2D eigenvalue weighted by Gasteiger charge is 2.08.